The number of carbonyl (C=O) groups is 1. The number of hydrogen-bond acceptors (Lipinski definition) is 4. The summed E-state index contributed by atoms with van der Waals surface area (Å²) >= 11 is 0. The van der Waals surface area contributed by atoms with Crippen LogP contribution in [-0.4, -0.2) is 43.5 Å². The highest BCUT2D eigenvalue weighted by Crippen LogP contribution is 2.25. The minimum Gasteiger partial charge on any atom is -0.468 e. The lowest BCUT2D eigenvalue weighted by atomic mass is 10.0. The van der Waals surface area contributed by atoms with Crippen molar-refractivity contribution in [3.63, 3.8) is 0 Å². The predicted octanol–water partition coefficient (Wildman–Crippen LogP) is 4.33. The van der Waals surface area contributed by atoms with Crippen molar-refractivity contribution in [1.29, 1.82) is 0 Å². The average Bonchev–Trinajstić information content (AvgIpc) is 3.29. The number of benzene rings is 2. The van der Waals surface area contributed by atoms with Crippen molar-refractivity contribution in [2.45, 2.75) is 19.9 Å². The number of amides is 1. The maximum absolute atomic E-state index is 13.2. The highest BCUT2D eigenvalue weighted by atomic mass is 19.1. The molecule has 1 atom stereocenters. The summed E-state index contributed by atoms with van der Waals surface area (Å²) in [5.74, 6) is 0.551. The van der Waals surface area contributed by atoms with E-state index in [0.29, 0.717) is 12.1 Å². The SMILES string of the molecule is Cc1ccc(C(=O)NCC(c2ccco2)N2CCN(c3ccc(F)cc3)CC2)c(C)c1. The molecule has 31 heavy (non-hydrogen) atoms. The fraction of sp³-hybridized carbons (Fsp3) is 0.320. The summed E-state index contributed by atoms with van der Waals surface area (Å²) < 4.78 is 18.9. The molecule has 1 saturated heterocycles. The quantitative estimate of drug-likeness (QED) is 0.644. The number of piperazine rings is 1. The van der Waals surface area contributed by atoms with Crippen LogP contribution in [0.3, 0.4) is 0 Å². The van der Waals surface area contributed by atoms with E-state index < -0.39 is 0 Å². The average molecular weight is 422 g/mol. The maximum Gasteiger partial charge on any atom is 0.251 e. The second-order valence-electron chi connectivity index (χ2n) is 8.06. The Balaban J connectivity index is 1.42. The van der Waals surface area contributed by atoms with Gasteiger partial charge in [-0.1, -0.05) is 17.7 Å². The number of nitrogens with zero attached hydrogens (tertiary/aromatic N) is 2. The summed E-state index contributed by atoms with van der Waals surface area (Å²) in [5.41, 5.74) is 3.84. The van der Waals surface area contributed by atoms with Gasteiger partial charge in [-0.15, -0.1) is 0 Å². The minimum absolute atomic E-state index is 0.0416. The summed E-state index contributed by atoms with van der Waals surface area (Å²) in [6.07, 6.45) is 1.67. The number of nitrogens with one attached hydrogen (secondary N) is 1. The Hall–Kier alpha value is -3.12. The van der Waals surface area contributed by atoms with E-state index in [1.807, 2.05) is 56.3 Å². The summed E-state index contributed by atoms with van der Waals surface area (Å²) in [6.45, 7) is 7.75. The first kappa shape index (κ1) is 21.1. The van der Waals surface area contributed by atoms with E-state index in [4.69, 9.17) is 4.42 Å². The molecule has 1 unspecified atom stereocenters. The van der Waals surface area contributed by atoms with E-state index in [1.165, 1.54) is 12.1 Å². The second kappa shape index (κ2) is 9.35. The number of aryl methyl sites for hydroxylation is 2. The third-order valence-electron chi connectivity index (χ3n) is 5.90. The maximum atomic E-state index is 13.2. The zero-order valence-electron chi connectivity index (χ0n) is 18.0. The van der Waals surface area contributed by atoms with Gasteiger partial charge in [0.25, 0.3) is 5.91 Å². The van der Waals surface area contributed by atoms with E-state index in [1.54, 1.807) is 6.26 Å². The van der Waals surface area contributed by atoms with Gasteiger partial charge in [-0.05, 0) is 61.9 Å². The van der Waals surface area contributed by atoms with Gasteiger partial charge in [-0.2, -0.15) is 0 Å². The number of furan rings is 1. The summed E-state index contributed by atoms with van der Waals surface area (Å²) in [4.78, 5) is 17.4. The molecule has 0 bridgehead atoms. The van der Waals surface area contributed by atoms with Gasteiger partial charge in [-0.25, -0.2) is 4.39 Å². The number of anilines is 1. The largest absolute Gasteiger partial charge is 0.468 e. The molecule has 162 valence electrons. The lowest BCUT2D eigenvalue weighted by Gasteiger charge is -2.39. The molecule has 1 aliphatic rings. The smallest absolute Gasteiger partial charge is 0.251 e. The highest BCUT2D eigenvalue weighted by molar-refractivity contribution is 5.95. The van der Waals surface area contributed by atoms with Crippen LogP contribution in [0.5, 0.6) is 0 Å². The molecular formula is C25H28FN3O2. The van der Waals surface area contributed by atoms with Crippen molar-refractivity contribution in [3.8, 4) is 0 Å². The summed E-state index contributed by atoms with van der Waals surface area (Å²) in [5, 5.41) is 3.10. The summed E-state index contributed by atoms with van der Waals surface area (Å²) in [7, 11) is 0. The molecule has 2 heterocycles. The van der Waals surface area contributed by atoms with Gasteiger partial charge < -0.3 is 14.6 Å². The number of rotatable bonds is 6. The van der Waals surface area contributed by atoms with Crippen molar-refractivity contribution in [2.75, 3.05) is 37.6 Å². The van der Waals surface area contributed by atoms with Crippen LogP contribution in [0.4, 0.5) is 10.1 Å². The molecular weight excluding hydrogens is 393 g/mol. The Bertz CT molecular complexity index is 1010. The first-order chi connectivity index (χ1) is 15.0. The van der Waals surface area contributed by atoms with Gasteiger partial charge in [0.15, 0.2) is 0 Å². The van der Waals surface area contributed by atoms with Crippen molar-refractivity contribution in [3.05, 3.63) is 89.1 Å². The molecule has 0 aliphatic carbocycles. The molecule has 0 radical (unpaired) electrons. The van der Waals surface area contributed by atoms with E-state index >= 15 is 0 Å². The standard InChI is InChI=1S/C25H28FN3O2/c1-18-5-10-22(19(2)16-18)25(30)27-17-23(24-4-3-15-31-24)29-13-11-28(12-14-29)21-8-6-20(26)7-9-21/h3-10,15-16,23H,11-14,17H2,1-2H3,(H,27,30). The molecule has 1 N–H and O–H groups in total. The first-order valence-corrected chi connectivity index (χ1v) is 10.6. The number of halogens is 1. The lowest BCUT2D eigenvalue weighted by Crippen LogP contribution is -2.49. The molecule has 4 rings (SSSR count). The van der Waals surface area contributed by atoms with Gasteiger partial charge in [0.05, 0.1) is 12.3 Å². The van der Waals surface area contributed by atoms with E-state index in [-0.39, 0.29) is 17.8 Å². The molecule has 5 nitrogen and oxygen atoms in total. The third-order valence-corrected chi connectivity index (χ3v) is 5.90. The van der Waals surface area contributed by atoms with Crippen LogP contribution in [0.25, 0.3) is 0 Å². The molecule has 6 heteroatoms. The monoisotopic (exact) mass is 421 g/mol. The molecule has 1 aromatic heterocycles. The third kappa shape index (κ3) is 4.97. The Morgan fingerprint density at radius 3 is 2.45 bits per heavy atom. The van der Waals surface area contributed by atoms with Crippen LogP contribution < -0.4 is 10.2 Å². The van der Waals surface area contributed by atoms with Crippen molar-refractivity contribution < 1.29 is 13.6 Å². The van der Waals surface area contributed by atoms with Gasteiger partial charge in [0.1, 0.15) is 11.6 Å². The zero-order valence-corrected chi connectivity index (χ0v) is 18.0. The Kier molecular flexibility index (Phi) is 6.37. The molecule has 1 aliphatic heterocycles. The predicted molar refractivity (Wildman–Crippen MR) is 120 cm³/mol. The minimum atomic E-state index is -0.222. The molecule has 2 aromatic carbocycles. The van der Waals surface area contributed by atoms with E-state index in [9.17, 15) is 9.18 Å². The fourth-order valence-corrected chi connectivity index (χ4v) is 4.19. The van der Waals surface area contributed by atoms with Gasteiger partial charge in [0.2, 0.25) is 0 Å². The number of carbonyl (C=O) groups excluding carboxylic acids is 1. The van der Waals surface area contributed by atoms with Gasteiger partial charge >= 0.3 is 0 Å². The topological polar surface area (TPSA) is 48.7 Å². The van der Waals surface area contributed by atoms with Crippen LogP contribution in [0.2, 0.25) is 0 Å². The van der Waals surface area contributed by atoms with Crippen LogP contribution in [0.15, 0.2) is 65.3 Å². The van der Waals surface area contributed by atoms with Crippen molar-refractivity contribution in [1.82, 2.24) is 10.2 Å². The highest BCUT2D eigenvalue weighted by Gasteiger charge is 2.27. The molecule has 1 fully saturated rings. The van der Waals surface area contributed by atoms with Crippen LogP contribution >= 0.6 is 0 Å². The lowest BCUT2D eigenvalue weighted by molar-refractivity contribution is 0.0922. The molecule has 1 amide bonds. The normalized spacial score (nSPS) is 15.6. The van der Waals surface area contributed by atoms with E-state index in [0.717, 1.165) is 48.8 Å². The Morgan fingerprint density at radius 2 is 1.81 bits per heavy atom. The fourth-order valence-electron chi connectivity index (χ4n) is 4.19. The summed E-state index contributed by atoms with van der Waals surface area (Å²) in [6, 6.07) is 16.3. The Labute approximate surface area is 182 Å². The van der Waals surface area contributed by atoms with Crippen molar-refractivity contribution in [2.24, 2.45) is 0 Å². The number of hydrogen-bond donors (Lipinski definition) is 1. The second-order valence-corrected chi connectivity index (χ2v) is 8.06. The zero-order chi connectivity index (χ0) is 21.8. The Morgan fingerprint density at radius 1 is 1.06 bits per heavy atom. The van der Waals surface area contributed by atoms with Crippen LogP contribution in [0.1, 0.15) is 33.3 Å². The van der Waals surface area contributed by atoms with Gasteiger partial charge in [-0.3, -0.25) is 9.69 Å². The molecule has 0 saturated carbocycles. The van der Waals surface area contributed by atoms with Crippen LogP contribution in [-0.2, 0) is 0 Å². The van der Waals surface area contributed by atoms with E-state index in [2.05, 4.69) is 15.1 Å². The van der Waals surface area contributed by atoms with Crippen LogP contribution in [0, 0.1) is 19.7 Å². The van der Waals surface area contributed by atoms with Gasteiger partial charge in [0, 0.05) is 44.0 Å². The van der Waals surface area contributed by atoms with Crippen molar-refractivity contribution >= 4 is 11.6 Å². The molecule has 0 spiro atoms. The first-order valence-electron chi connectivity index (χ1n) is 10.6. The molecule has 3 aromatic rings.